The zero-order chi connectivity index (χ0) is 39.6. The first-order valence-corrected chi connectivity index (χ1v) is 21.0. The van der Waals surface area contributed by atoms with Crippen LogP contribution in [0.3, 0.4) is 0 Å². The predicted molar refractivity (Wildman–Crippen MR) is 244 cm³/mol. The van der Waals surface area contributed by atoms with Crippen LogP contribution in [-0.2, 0) is 5.41 Å². The molecular formula is C55H34N4S. The fourth-order valence-corrected chi connectivity index (χ4v) is 10.5. The van der Waals surface area contributed by atoms with Crippen LogP contribution in [0.15, 0.2) is 216 Å². The third-order valence-electron chi connectivity index (χ3n) is 12.1. The molecule has 0 unspecified atom stereocenters. The van der Waals surface area contributed by atoms with Gasteiger partial charge in [-0.25, -0.2) is 15.0 Å². The third-order valence-corrected chi connectivity index (χ3v) is 13.2. The molecule has 0 fully saturated rings. The Morgan fingerprint density at radius 2 is 0.833 bits per heavy atom. The van der Waals surface area contributed by atoms with Crippen LogP contribution in [0.5, 0.6) is 0 Å². The molecular weight excluding hydrogens is 749 g/mol. The highest BCUT2D eigenvalue weighted by Gasteiger charge is 2.50. The zero-order valence-electron chi connectivity index (χ0n) is 32.3. The average Bonchev–Trinajstić information content (AvgIpc) is 3.62. The Bertz CT molecular complexity index is 3180. The normalized spacial score (nSPS) is 13.1. The summed E-state index contributed by atoms with van der Waals surface area (Å²) in [6.45, 7) is 0. The largest absolute Gasteiger partial charge is 0.256 e. The van der Waals surface area contributed by atoms with E-state index in [0.29, 0.717) is 17.5 Å². The number of benzene rings is 8. The fraction of sp³-hybridized carbons (Fsp3) is 0.0182. The van der Waals surface area contributed by atoms with Crippen molar-refractivity contribution >= 4 is 22.7 Å². The number of aromatic nitrogens is 4. The Kier molecular flexibility index (Phi) is 7.97. The Labute approximate surface area is 352 Å². The minimum atomic E-state index is -0.581. The van der Waals surface area contributed by atoms with Crippen molar-refractivity contribution in [3.05, 3.63) is 229 Å². The van der Waals surface area contributed by atoms with Gasteiger partial charge in [-0.1, -0.05) is 176 Å². The minimum Gasteiger partial charge on any atom is -0.256 e. The van der Waals surface area contributed by atoms with E-state index in [-0.39, 0.29) is 0 Å². The van der Waals surface area contributed by atoms with Crippen LogP contribution in [0.4, 0.5) is 0 Å². The van der Waals surface area contributed by atoms with Gasteiger partial charge in [-0.05, 0) is 92.0 Å². The molecule has 5 heteroatoms. The van der Waals surface area contributed by atoms with Gasteiger partial charge in [0.2, 0.25) is 0 Å². The second-order valence-electron chi connectivity index (χ2n) is 15.4. The van der Waals surface area contributed by atoms with Crippen LogP contribution < -0.4 is 0 Å². The first kappa shape index (κ1) is 34.6. The molecule has 0 saturated carbocycles. The van der Waals surface area contributed by atoms with Crippen molar-refractivity contribution in [1.82, 2.24) is 19.9 Å². The molecule has 8 aromatic carbocycles. The molecule has 10 aromatic rings. The van der Waals surface area contributed by atoms with Gasteiger partial charge >= 0.3 is 0 Å². The van der Waals surface area contributed by atoms with Crippen molar-refractivity contribution in [2.24, 2.45) is 0 Å². The van der Waals surface area contributed by atoms with Gasteiger partial charge in [-0.15, -0.1) is 0 Å². The number of hydrogen-bond donors (Lipinski definition) is 0. The van der Waals surface area contributed by atoms with E-state index in [0.717, 1.165) is 27.6 Å². The summed E-state index contributed by atoms with van der Waals surface area (Å²) in [5.74, 6) is 1.94. The van der Waals surface area contributed by atoms with Crippen molar-refractivity contribution in [3.63, 3.8) is 0 Å². The van der Waals surface area contributed by atoms with Crippen LogP contribution in [-0.4, -0.2) is 19.9 Å². The van der Waals surface area contributed by atoms with Gasteiger partial charge in [0.25, 0.3) is 0 Å². The van der Waals surface area contributed by atoms with E-state index in [1.807, 2.05) is 60.4 Å². The maximum Gasteiger partial charge on any atom is 0.164 e. The molecule has 0 amide bonds. The fourth-order valence-electron chi connectivity index (χ4n) is 9.36. The Morgan fingerprint density at radius 1 is 0.333 bits per heavy atom. The molecule has 3 heterocycles. The van der Waals surface area contributed by atoms with Crippen molar-refractivity contribution in [2.75, 3.05) is 0 Å². The summed E-state index contributed by atoms with van der Waals surface area (Å²) in [6, 6.07) is 71.6. The summed E-state index contributed by atoms with van der Waals surface area (Å²) in [4.78, 5) is 22.4. The van der Waals surface area contributed by atoms with E-state index in [2.05, 4.69) is 163 Å². The highest BCUT2D eigenvalue weighted by Crippen LogP contribution is 2.62. The first-order valence-electron chi connectivity index (χ1n) is 20.2. The van der Waals surface area contributed by atoms with Crippen LogP contribution in [0.25, 0.3) is 78.4 Å². The number of rotatable bonds is 5. The zero-order valence-corrected chi connectivity index (χ0v) is 33.1. The Hall–Kier alpha value is -7.47. The molecule has 2 aliphatic rings. The molecule has 1 spiro atoms. The second-order valence-corrected chi connectivity index (χ2v) is 16.4. The van der Waals surface area contributed by atoms with E-state index in [1.165, 1.54) is 65.4 Å². The SMILES string of the molecule is c1ccc(-c2nc(-c3ccccc3)nc(-c3ccc4c(c3)C3(c5cc(-c6ccc(-c7cccc8ncccc78)cc6)ccc5S4)c4ccccc4-c4ccccc43)n2)cc1. The topological polar surface area (TPSA) is 51.6 Å². The molecule has 1 aliphatic heterocycles. The van der Waals surface area contributed by atoms with E-state index < -0.39 is 5.41 Å². The lowest BCUT2D eigenvalue weighted by Gasteiger charge is -2.40. The van der Waals surface area contributed by atoms with E-state index in [9.17, 15) is 0 Å². The molecule has 60 heavy (non-hydrogen) atoms. The van der Waals surface area contributed by atoms with Crippen molar-refractivity contribution < 1.29 is 0 Å². The van der Waals surface area contributed by atoms with Crippen LogP contribution in [0.2, 0.25) is 0 Å². The van der Waals surface area contributed by atoms with E-state index in [1.54, 1.807) is 0 Å². The minimum absolute atomic E-state index is 0.581. The summed E-state index contributed by atoms with van der Waals surface area (Å²) in [7, 11) is 0. The summed E-state index contributed by atoms with van der Waals surface area (Å²) in [5.41, 5.74) is 15.6. The average molecular weight is 783 g/mol. The molecule has 2 aromatic heterocycles. The quantitative estimate of drug-likeness (QED) is 0.174. The smallest absolute Gasteiger partial charge is 0.164 e. The Balaban J connectivity index is 1.05. The van der Waals surface area contributed by atoms with Crippen molar-refractivity contribution in [3.8, 4) is 67.5 Å². The molecule has 0 radical (unpaired) electrons. The van der Waals surface area contributed by atoms with Gasteiger partial charge in [-0.3, -0.25) is 4.98 Å². The van der Waals surface area contributed by atoms with Gasteiger partial charge in [0.15, 0.2) is 17.5 Å². The summed E-state index contributed by atoms with van der Waals surface area (Å²) < 4.78 is 0. The maximum absolute atomic E-state index is 5.16. The summed E-state index contributed by atoms with van der Waals surface area (Å²) >= 11 is 1.84. The number of fused-ring (bicyclic) bond motifs is 10. The van der Waals surface area contributed by atoms with Crippen LogP contribution >= 0.6 is 11.8 Å². The summed E-state index contributed by atoms with van der Waals surface area (Å²) in [6.07, 6.45) is 1.85. The monoisotopic (exact) mass is 782 g/mol. The number of hydrogen-bond acceptors (Lipinski definition) is 5. The molecule has 1 aliphatic carbocycles. The molecule has 12 rings (SSSR count). The lowest BCUT2D eigenvalue weighted by atomic mass is 9.66. The van der Waals surface area contributed by atoms with Gasteiger partial charge in [0.05, 0.1) is 10.9 Å². The molecule has 0 saturated heterocycles. The number of nitrogens with zero attached hydrogens (tertiary/aromatic N) is 4. The van der Waals surface area contributed by atoms with Crippen molar-refractivity contribution in [2.45, 2.75) is 15.2 Å². The first-order chi connectivity index (χ1) is 29.7. The lowest BCUT2D eigenvalue weighted by molar-refractivity contribution is 0.723. The molecule has 0 atom stereocenters. The molecule has 0 bridgehead atoms. The highest BCUT2D eigenvalue weighted by molar-refractivity contribution is 7.99. The van der Waals surface area contributed by atoms with Gasteiger partial charge in [0, 0.05) is 38.1 Å². The number of pyridine rings is 1. The van der Waals surface area contributed by atoms with E-state index >= 15 is 0 Å². The highest BCUT2D eigenvalue weighted by atomic mass is 32.2. The molecule has 4 nitrogen and oxygen atoms in total. The summed E-state index contributed by atoms with van der Waals surface area (Å²) in [5, 5.41) is 1.15. The molecule has 280 valence electrons. The van der Waals surface area contributed by atoms with E-state index in [4.69, 9.17) is 15.0 Å². The van der Waals surface area contributed by atoms with Gasteiger partial charge in [0.1, 0.15) is 0 Å². The van der Waals surface area contributed by atoms with Crippen LogP contribution in [0.1, 0.15) is 22.3 Å². The second kappa shape index (κ2) is 13.8. The van der Waals surface area contributed by atoms with Crippen LogP contribution in [0, 0.1) is 0 Å². The predicted octanol–water partition coefficient (Wildman–Crippen LogP) is 13.6. The Morgan fingerprint density at radius 3 is 1.47 bits per heavy atom. The standard InChI is InChI=1S/C55H34N4S/c1-3-13-37(14-4-1)52-57-53(38-15-5-2-6-16-38)59-54(58-52)40-29-31-51-48(34-40)55(45-21-9-7-17-42(45)43-18-8-10-22-46(43)55)47-33-39(28-30-50(47)60-51)35-24-26-36(27-25-35)41-19-11-23-49-44(41)20-12-32-56-49/h1-34H. The maximum atomic E-state index is 5.16. The van der Waals surface area contributed by atoms with Gasteiger partial charge < -0.3 is 0 Å². The lowest BCUT2D eigenvalue weighted by Crippen LogP contribution is -2.32. The van der Waals surface area contributed by atoms with Crippen molar-refractivity contribution in [1.29, 1.82) is 0 Å². The van der Waals surface area contributed by atoms with Gasteiger partial charge in [-0.2, -0.15) is 0 Å². The third kappa shape index (κ3) is 5.40. The molecule has 0 N–H and O–H groups in total.